The number of anilines is 4. The number of carbonyl (C=O) groups is 2. The van der Waals surface area contributed by atoms with Crippen LogP contribution >= 0.6 is 0 Å². The molecular weight excluding hydrogens is 681 g/mol. The Labute approximate surface area is 314 Å². The molecule has 0 spiro atoms. The third-order valence-electron chi connectivity index (χ3n) is 9.27. The van der Waals surface area contributed by atoms with Crippen molar-refractivity contribution in [1.82, 2.24) is 34.5 Å². The number of nitrogens with one attached hydrogen (secondary N) is 3. The Kier molecular flexibility index (Phi) is 10.2. The number of benzene rings is 3. The molecule has 3 aromatic carbocycles. The van der Waals surface area contributed by atoms with E-state index in [0.29, 0.717) is 47.7 Å². The summed E-state index contributed by atoms with van der Waals surface area (Å²) in [5.41, 5.74) is 4.48. The number of rotatable bonds is 9. The molecule has 13 heteroatoms. The number of ether oxygens (including phenoxy) is 1. The summed E-state index contributed by atoms with van der Waals surface area (Å²) in [6.45, 7) is 11.6. The van der Waals surface area contributed by atoms with Crippen LogP contribution in [0.5, 0.6) is 5.75 Å². The zero-order valence-electron chi connectivity index (χ0n) is 31.1. The number of piperazine rings is 1. The van der Waals surface area contributed by atoms with Crippen molar-refractivity contribution in [2.75, 3.05) is 49.2 Å². The fourth-order valence-electron chi connectivity index (χ4n) is 6.09. The summed E-state index contributed by atoms with van der Waals surface area (Å²) in [4.78, 5) is 43.5. The van der Waals surface area contributed by atoms with E-state index in [-0.39, 0.29) is 24.0 Å². The van der Waals surface area contributed by atoms with Gasteiger partial charge in [-0.15, -0.1) is 0 Å². The smallest absolute Gasteiger partial charge is 0.324 e. The van der Waals surface area contributed by atoms with E-state index in [0.717, 1.165) is 46.4 Å². The van der Waals surface area contributed by atoms with E-state index < -0.39 is 0 Å². The first-order valence-electron chi connectivity index (χ1n) is 17.9. The van der Waals surface area contributed by atoms with E-state index >= 15 is 0 Å². The monoisotopic (exact) mass is 724 g/mol. The summed E-state index contributed by atoms with van der Waals surface area (Å²) in [5.74, 6) is 2.16. The number of pyridine rings is 1. The molecule has 1 fully saturated rings. The summed E-state index contributed by atoms with van der Waals surface area (Å²) in [7, 11) is 2.05. The molecule has 6 aromatic rings. The number of amides is 3. The van der Waals surface area contributed by atoms with Crippen LogP contribution < -0.4 is 20.7 Å². The van der Waals surface area contributed by atoms with Gasteiger partial charge in [0.2, 0.25) is 0 Å². The molecule has 3 aromatic heterocycles. The topological polar surface area (TPSA) is 142 Å². The molecule has 0 atom stereocenters. The number of hydrogen-bond acceptors (Lipinski definition) is 9. The lowest BCUT2D eigenvalue weighted by Crippen LogP contribution is -2.47. The molecule has 0 bridgehead atoms. The van der Waals surface area contributed by atoms with Gasteiger partial charge in [0.05, 0.1) is 29.5 Å². The molecule has 0 unspecified atom stereocenters. The molecule has 0 radical (unpaired) electrons. The SMILES string of the molecule is Cc1ccc(-n2nc(C(C)(C)C)cc2NC(=O)Nc2ccc(OCc3ccnc(Nc4cnc(C(=O)N5CCN(C)CC5)cn4)c3)c3ccccc23)cc1. The molecule has 3 amide bonds. The van der Waals surface area contributed by atoms with E-state index in [2.05, 4.69) is 56.6 Å². The van der Waals surface area contributed by atoms with Gasteiger partial charge in [0.25, 0.3) is 5.91 Å². The molecule has 1 aliphatic rings. The standard InChI is InChI=1S/C41H44N10O3/c1-27-10-12-29(13-11-27)51-38(23-35(48-51)41(2,3)4)47-40(53)45-32-14-15-34(31-9-7-6-8-30(31)32)54-26-28-16-17-42-36(22-28)46-37-25-43-33(24-44-37)39(52)50-20-18-49(5)19-21-50/h6-17,22-25H,18-21,26H2,1-5H3,(H,42,44,46)(H2,45,47,53). The number of aromatic nitrogens is 5. The summed E-state index contributed by atoms with van der Waals surface area (Å²) in [6.07, 6.45) is 4.73. The second-order valence-corrected chi connectivity index (χ2v) is 14.5. The molecular formula is C41H44N10O3. The molecule has 54 heavy (non-hydrogen) atoms. The lowest BCUT2D eigenvalue weighted by atomic mass is 9.92. The zero-order valence-corrected chi connectivity index (χ0v) is 31.1. The van der Waals surface area contributed by atoms with Crippen molar-refractivity contribution in [1.29, 1.82) is 0 Å². The molecule has 0 aliphatic carbocycles. The van der Waals surface area contributed by atoms with Gasteiger partial charge in [-0.1, -0.05) is 62.7 Å². The highest BCUT2D eigenvalue weighted by Gasteiger charge is 2.23. The second kappa shape index (κ2) is 15.3. The van der Waals surface area contributed by atoms with Crippen LogP contribution in [0.1, 0.15) is 48.1 Å². The highest BCUT2D eigenvalue weighted by molar-refractivity contribution is 6.07. The third kappa shape index (κ3) is 8.31. The van der Waals surface area contributed by atoms with E-state index in [1.54, 1.807) is 15.8 Å². The largest absolute Gasteiger partial charge is 0.488 e. The number of fused-ring (bicyclic) bond motifs is 1. The molecule has 7 rings (SSSR count). The third-order valence-corrected chi connectivity index (χ3v) is 9.27. The number of nitrogens with zero attached hydrogens (tertiary/aromatic N) is 7. The van der Waals surface area contributed by atoms with E-state index in [1.165, 1.54) is 12.4 Å². The maximum Gasteiger partial charge on any atom is 0.324 e. The minimum Gasteiger partial charge on any atom is -0.488 e. The lowest BCUT2D eigenvalue weighted by Gasteiger charge is -2.32. The second-order valence-electron chi connectivity index (χ2n) is 14.5. The zero-order chi connectivity index (χ0) is 37.8. The first-order valence-corrected chi connectivity index (χ1v) is 17.9. The summed E-state index contributed by atoms with van der Waals surface area (Å²) >= 11 is 0. The Bertz CT molecular complexity index is 2270. The highest BCUT2D eigenvalue weighted by atomic mass is 16.5. The van der Waals surface area contributed by atoms with E-state index in [9.17, 15) is 9.59 Å². The van der Waals surface area contributed by atoms with Crippen molar-refractivity contribution in [3.05, 3.63) is 120 Å². The van der Waals surface area contributed by atoms with Crippen LogP contribution in [0, 0.1) is 6.92 Å². The molecule has 13 nitrogen and oxygen atoms in total. The van der Waals surface area contributed by atoms with Gasteiger partial charge in [-0.25, -0.2) is 24.4 Å². The Hall–Kier alpha value is -6.34. The predicted octanol–water partition coefficient (Wildman–Crippen LogP) is 7.17. The van der Waals surface area contributed by atoms with E-state index in [1.807, 2.05) is 92.8 Å². The molecule has 3 N–H and O–H groups in total. The minimum absolute atomic E-state index is 0.115. The van der Waals surface area contributed by atoms with Crippen LogP contribution in [0.2, 0.25) is 0 Å². The first kappa shape index (κ1) is 36.0. The van der Waals surface area contributed by atoms with Crippen LogP contribution in [0.25, 0.3) is 16.5 Å². The average Bonchev–Trinajstić information content (AvgIpc) is 3.59. The van der Waals surface area contributed by atoms with Crippen molar-refractivity contribution in [2.45, 2.75) is 39.7 Å². The van der Waals surface area contributed by atoms with Crippen molar-refractivity contribution in [2.24, 2.45) is 0 Å². The highest BCUT2D eigenvalue weighted by Crippen LogP contribution is 2.33. The molecule has 1 aliphatic heterocycles. The van der Waals surface area contributed by atoms with Crippen molar-refractivity contribution < 1.29 is 14.3 Å². The van der Waals surface area contributed by atoms with Gasteiger partial charge in [-0.05, 0) is 55.9 Å². The maximum atomic E-state index is 13.5. The quantitative estimate of drug-likeness (QED) is 0.141. The molecule has 276 valence electrons. The minimum atomic E-state index is -0.389. The summed E-state index contributed by atoms with van der Waals surface area (Å²) in [5, 5.41) is 15.7. The molecule has 0 saturated carbocycles. The number of carbonyl (C=O) groups excluding carboxylic acids is 2. The fraction of sp³-hybridized carbons (Fsp3) is 0.268. The Morgan fingerprint density at radius 3 is 2.30 bits per heavy atom. The normalized spacial score (nSPS) is 13.5. The number of urea groups is 1. The molecule has 4 heterocycles. The number of aryl methyl sites for hydroxylation is 1. The molecule has 1 saturated heterocycles. The first-order chi connectivity index (χ1) is 26.0. The Morgan fingerprint density at radius 2 is 1.57 bits per heavy atom. The predicted molar refractivity (Wildman–Crippen MR) is 211 cm³/mol. The Morgan fingerprint density at radius 1 is 0.815 bits per heavy atom. The van der Waals surface area contributed by atoms with Gasteiger partial charge in [0.15, 0.2) is 0 Å². The van der Waals surface area contributed by atoms with Gasteiger partial charge in [-0.3, -0.25) is 10.1 Å². The van der Waals surface area contributed by atoms with Crippen LogP contribution in [0.4, 0.5) is 27.9 Å². The van der Waals surface area contributed by atoms with Crippen LogP contribution in [0.3, 0.4) is 0 Å². The van der Waals surface area contributed by atoms with Crippen molar-refractivity contribution >= 4 is 45.9 Å². The average molecular weight is 725 g/mol. The lowest BCUT2D eigenvalue weighted by molar-refractivity contribution is 0.0657. The van der Waals surface area contributed by atoms with Crippen molar-refractivity contribution in [3.8, 4) is 11.4 Å². The number of hydrogen-bond donors (Lipinski definition) is 3. The Balaban J connectivity index is 1.01. The fourth-order valence-corrected chi connectivity index (χ4v) is 6.09. The summed E-state index contributed by atoms with van der Waals surface area (Å²) in [6, 6.07) is 24.8. The van der Waals surface area contributed by atoms with Crippen LogP contribution in [0.15, 0.2) is 97.5 Å². The van der Waals surface area contributed by atoms with E-state index in [4.69, 9.17) is 9.84 Å². The van der Waals surface area contributed by atoms with Crippen molar-refractivity contribution in [3.63, 3.8) is 0 Å². The summed E-state index contributed by atoms with van der Waals surface area (Å²) < 4.78 is 8.07. The van der Waals surface area contributed by atoms with Gasteiger partial charge < -0.3 is 25.2 Å². The number of likely N-dealkylation sites (N-methyl/N-ethyl adjacent to an activating group) is 1. The maximum absolute atomic E-state index is 13.5. The van der Waals surface area contributed by atoms with Crippen LogP contribution in [-0.2, 0) is 12.0 Å². The van der Waals surface area contributed by atoms with Gasteiger partial charge in [-0.2, -0.15) is 5.10 Å². The van der Waals surface area contributed by atoms with Gasteiger partial charge >= 0.3 is 6.03 Å². The van der Waals surface area contributed by atoms with Crippen LogP contribution in [-0.4, -0.2) is 79.7 Å². The van der Waals surface area contributed by atoms with Gasteiger partial charge in [0, 0.05) is 54.6 Å². The van der Waals surface area contributed by atoms with Gasteiger partial charge in [0.1, 0.15) is 35.5 Å².